The third-order valence-corrected chi connectivity index (χ3v) is 3.28. The van der Waals surface area contributed by atoms with Crippen molar-refractivity contribution in [2.75, 3.05) is 13.1 Å². The molecule has 0 fully saturated rings. The molecule has 1 aliphatic heterocycles. The summed E-state index contributed by atoms with van der Waals surface area (Å²) in [6.45, 7) is 9.39. The molecule has 0 aromatic heterocycles. The predicted octanol–water partition coefficient (Wildman–Crippen LogP) is 0.713. The highest BCUT2D eigenvalue weighted by Crippen LogP contribution is 2.17. The maximum atomic E-state index is 5.82. The minimum Gasteiger partial charge on any atom is -0.330 e. The maximum absolute atomic E-state index is 5.82. The molecule has 0 spiro atoms. The average molecular weight is 248 g/mol. The fourth-order valence-corrected chi connectivity index (χ4v) is 2.04. The third kappa shape index (κ3) is 4.26. The normalized spacial score (nSPS) is 24.8. The highest BCUT2D eigenvalue weighted by atomic mass is 15.2. The Kier molecular flexibility index (Phi) is 6.06. The molecule has 1 rings (SSSR count). The van der Waals surface area contributed by atoms with E-state index in [-0.39, 0.29) is 12.3 Å². The van der Waals surface area contributed by atoms with Gasteiger partial charge in [-0.3, -0.25) is 15.6 Å². The van der Waals surface area contributed by atoms with Crippen molar-refractivity contribution in [2.24, 2.45) is 22.6 Å². The van der Waals surface area contributed by atoms with Crippen LogP contribution < -0.4 is 16.4 Å². The predicted molar refractivity (Wildman–Crippen MR) is 77.2 cm³/mol. The molecular formula is C14H24N4. The summed E-state index contributed by atoms with van der Waals surface area (Å²) < 4.78 is 0. The van der Waals surface area contributed by atoms with Crippen LogP contribution in [0.3, 0.4) is 0 Å². The Morgan fingerprint density at radius 2 is 2.44 bits per heavy atom. The van der Waals surface area contributed by atoms with Crippen molar-refractivity contribution >= 4 is 6.21 Å². The molecule has 0 aromatic carbocycles. The van der Waals surface area contributed by atoms with Gasteiger partial charge in [0.05, 0.1) is 6.17 Å². The second kappa shape index (κ2) is 7.32. The van der Waals surface area contributed by atoms with Crippen molar-refractivity contribution in [3.8, 4) is 12.3 Å². The SMILES string of the molecule is C#CC(=C)CNC1CC=NC(C(CN)C(C)C)N1. The first-order valence-corrected chi connectivity index (χ1v) is 6.44. The molecule has 4 nitrogen and oxygen atoms in total. The first-order chi connectivity index (χ1) is 8.58. The molecule has 0 amide bonds. The van der Waals surface area contributed by atoms with Crippen LogP contribution in [0.5, 0.6) is 0 Å². The molecule has 0 saturated carbocycles. The van der Waals surface area contributed by atoms with Gasteiger partial charge >= 0.3 is 0 Å². The van der Waals surface area contributed by atoms with Gasteiger partial charge in [-0.1, -0.05) is 26.3 Å². The molecule has 4 N–H and O–H groups in total. The van der Waals surface area contributed by atoms with Crippen LogP contribution in [-0.4, -0.2) is 31.6 Å². The number of hydrogen-bond acceptors (Lipinski definition) is 4. The van der Waals surface area contributed by atoms with Gasteiger partial charge < -0.3 is 5.73 Å². The standard InChI is InChI=1S/C14H24N4/c1-5-11(4)9-17-13-6-7-16-14(18-13)12(8-15)10(2)3/h1,7,10,12-14,17-18H,4,6,8-9,15H2,2-3H3. The summed E-state index contributed by atoms with van der Waals surface area (Å²) in [4.78, 5) is 4.50. The monoisotopic (exact) mass is 248 g/mol. The quantitative estimate of drug-likeness (QED) is 0.607. The molecule has 0 saturated heterocycles. The number of nitrogens with two attached hydrogens (primary N) is 1. The van der Waals surface area contributed by atoms with Crippen LogP contribution in [0, 0.1) is 24.2 Å². The van der Waals surface area contributed by atoms with E-state index in [1.165, 1.54) is 0 Å². The highest BCUT2D eigenvalue weighted by molar-refractivity contribution is 5.59. The smallest absolute Gasteiger partial charge is 0.104 e. The third-order valence-electron chi connectivity index (χ3n) is 3.28. The van der Waals surface area contributed by atoms with Crippen LogP contribution in [0.2, 0.25) is 0 Å². The molecule has 18 heavy (non-hydrogen) atoms. The number of rotatable bonds is 6. The zero-order chi connectivity index (χ0) is 13.5. The molecule has 0 aliphatic carbocycles. The van der Waals surface area contributed by atoms with E-state index in [1.54, 1.807) is 0 Å². The lowest BCUT2D eigenvalue weighted by Gasteiger charge is -2.33. The first-order valence-electron chi connectivity index (χ1n) is 6.44. The van der Waals surface area contributed by atoms with Crippen LogP contribution in [0.1, 0.15) is 20.3 Å². The zero-order valence-electron chi connectivity index (χ0n) is 11.3. The van der Waals surface area contributed by atoms with Crippen molar-refractivity contribution in [3.05, 3.63) is 12.2 Å². The largest absolute Gasteiger partial charge is 0.330 e. The molecule has 1 heterocycles. The molecule has 0 bridgehead atoms. The summed E-state index contributed by atoms with van der Waals surface area (Å²) in [7, 11) is 0. The lowest BCUT2D eigenvalue weighted by Crippen LogP contribution is -2.54. The number of terminal acetylenes is 1. The Morgan fingerprint density at radius 1 is 1.72 bits per heavy atom. The minimum absolute atomic E-state index is 0.0837. The molecule has 1 aliphatic rings. The first kappa shape index (κ1) is 14.9. The van der Waals surface area contributed by atoms with Crippen LogP contribution in [0.15, 0.2) is 17.1 Å². The summed E-state index contributed by atoms with van der Waals surface area (Å²) >= 11 is 0. The van der Waals surface area contributed by atoms with Crippen LogP contribution in [0.4, 0.5) is 0 Å². The molecule has 3 unspecified atom stereocenters. The van der Waals surface area contributed by atoms with Gasteiger partial charge in [0.2, 0.25) is 0 Å². The second-order valence-electron chi connectivity index (χ2n) is 5.00. The lowest BCUT2D eigenvalue weighted by molar-refractivity contribution is 0.249. The van der Waals surface area contributed by atoms with Gasteiger partial charge in [-0.2, -0.15) is 0 Å². The molecule has 100 valence electrons. The van der Waals surface area contributed by atoms with E-state index in [1.807, 2.05) is 6.21 Å². The summed E-state index contributed by atoms with van der Waals surface area (Å²) in [5, 5.41) is 6.80. The Hall–Kier alpha value is -1.15. The van der Waals surface area contributed by atoms with Gasteiger partial charge in [0, 0.05) is 30.7 Å². The van der Waals surface area contributed by atoms with Gasteiger partial charge in [0.15, 0.2) is 0 Å². The summed E-state index contributed by atoms with van der Waals surface area (Å²) in [6.07, 6.45) is 8.35. The van der Waals surface area contributed by atoms with Crippen molar-refractivity contribution < 1.29 is 0 Å². The Bertz CT molecular complexity index is 340. The Morgan fingerprint density at radius 3 is 3.00 bits per heavy atom. The Labute approximate surface area is 110 Å². The van der Waals surface area contributed by atoms with Crippen LogP contribution >= 0.6 is 0 Å². The summed E-state index contributed by atoms with van der Waals surface area (Å²) in [5.74, 6) is 3.38. The van der Waals surface area contributed by atoms with Gasteiger partial charge in [0.1, 0.15) is 6.17 Å². The Balaban J connectivity index is 2.51. The fourth-order valence-electron chi connectivity index (χ4n) is 2.04. The topological polar surface area (TPSA) is 62.4 Å². The molecule has 4 heteroatoms. The van der Waals surface area contributed by atoms with Gasteiger partial charge in [-0.25, -0.2) is 0 Å². The molecular weight excluding hydrogens is 224 g/mol. The molecule has 3 atom stereocenters. The van der Waals surface area contributed by atoms with E-state index in [2.05, 4.69) is 42.0 Å². The van der Waals surface area contributed by atoms with Crippen molar-refractivity contribution in [3.63, 3.8) is 0 Å². The van der Waals surface area contributed by atoms with Crippen molar-refractivity contribution in [1.29, 1.82) is 0 Å². The van der Waals surface area contributed by atoms with Crippen LogP contribution in [0.25, 0.3) is 0 Å². The van der Waals surface area contributed by atoms with Gasteiger partial charge in [0.25, 0.3) is 0 Å². The number of hydrogen-bond donors (Lipinski definition) is 3. The van der Waals surface area contributed by atoms with Crippen molar-refractivity contribution in [1.82, 2.24) is 10.6 Å². The maximum Gasteiger partial charge on any atom is 0.104 e. The number of nitrogens with zero attached hydrogens (tertiary/aromatic N) is 1. The number of nitrogens with one attached hydrogen (secondary N) is 2. The van der Waals surface area contributed by atoms with E-state index in [0.717, 1.165) is 12.0 Å². The van der Waals surface area contributed by atoms with E-state index >= 15 is 0 Å². The summed E-state index contributed by atoms with van der Waals surface area (Å²) in [6, 6.07) is 0. The van der Waals surface area contributed by atoms with Gasteiger partial charge in [-0.15, -0.1) is 6.42 Å². The van der Waals surface area contributed by atoms with E-state index in [0.29, 0.717) is 24.9 Å². The zero-order valence-corrected chi connectivity index (χ0v) is 11.3. The average Bonchev–Trinajstić information content (AvgIpc) is 2.37. The molecule has 0 aromatic rings. The fraction of sp³-hybridized carbons (Fsp3) is 0.643. The number of aliphatic imine (C=N–C) groups is 1. The minimum atomic E-state index is 0.0837. The van der Waals surface area contributed by atoms with Crippen LogP contribution in [-0.2, 0) is 0 Å². The lowest BCUT2D eigenvalue weighted by atomic mass is 9.92. The highest BCUT2D eigenvalue weighted by Gasteiger charge is 2.26. The van der Waals surface area contributed by atoms with Crippen molar-refractivity contribution in [2.45, 2.75) is 32.6 Å². The van der Waals surface area contributed by atoms with E-state index in [9.17, 15) is 0 Å². The summed E-state index contributed by atoms with van der Waals surface area (Å²) in [5.41, 5.74) is 6.58. The second-order valence-corrected chi connectivity index (χ2v) is 5.00. The van der Waals surface area contributed by atoms with E-state index in [4.69, 9.17) is 12.2 Å². The molecule has 0 radical (unpaired) electrons. The van der Waals surface area contributed by atoms with E-state index < -0.39 is 0 Å². The van der Waals surface area contributed by atoms with Gasteiger partial charge in [-0.05, 0) is 12.5 Å².